The number of benzene rings is 1. The van der Waals surface area contributed by atoms with E-state index in [4.69, 9.17) is 0 Å². The minimum Gasteiger partial charge on any atom is -0.352 e. The lowest BCUT2D eigenvalue weighted by Crippen LogP contribution is -2.45. The SMILES string of the molecule is CN=C(NCc1cccc(C(=O)NC(C)(C)C)c1)N1CCCC(C)C1.I. The van der Waals surface area contributed by atoms with E-state index < -0.39 is 0 Å². The summed E-state index contributed by atoms with van der Waals surface area (Å²) < 4.78 is 0. The van der Waals surface area contributed by atoms with Crippen molar-refractivity contribution in [2.24, 2.45) is 10.9 Å². The van der Waals surface area contributed by atoms with E-state index in [9.17, 15) is 4.79 Å². The molecule has 2 rings (SSSR count). The van der Waals surface area contributed by atoms with Crippen LogP contribution >= 0.6 is 24.0 Å². The van der Waals surface area contributed by atoms with Crippen molar-refractivity contribution in [2.45, 2.75) is 52.6 Å². The van der Waals surface area contributed by atoms with Crippen LogP contribution in [0.2, 0.25) is 0 Å². The van der Waals surface area contributed by atoms with Crippen LogP contribution in [-0.2, 0) is 6.54 Å². The first-order chi connectivity index (χ1) is 11.8. The molecular formula is C20H33IN4O. The molecule has 0 bridgehead atoms. The summed E-state index contributed by atoms with van der Waals surface area (Å²) in [7, 11) is 1.83. The Hall–Kier alpha value is -1.31. The highest BCUT2D eigenvalue weighted by Crippen LogP contribution is 2.15. The minimum absolute atomic E-state index is 0. The van der Waals surface area contributed by atoms with Gasteiger partial charge < -0.3 is 15.5 Å². The van der Waals surface area contributed by atoms with Crippen LogP contribution in [0.15, 0.2) is 29.3 Å². The van der Waals surface area contributed by atoms with E-state index in [-0.39, 0.29) is 35.4 Å². The maximum atomic E-state index is 12.3. The Morgan fingerprint density at radius 3 is 2.69 bits per heavy atom. The molecule has 1 aliphatic heterocycles. The molecule has 1 aromatic carbocycles. The molecule has 1 fully saturated rings. The monoisotopic (exact) mass is 472 g/mol. The first-order valence-corrected chi connectivity index (χ1v) is 9.15. The number of amides is 1. The molecule has 1 unspecified atom stereocenters. The molecule has 0 aromatic heterocycles. The molecule has 1 amide bonds. The van der Waals surface area contributed by atoms with Crippen molar-refractivity contribution in [1.29, 1.82) is 0 Å². The number of guanidine groups is 1. The van der Waals surface area contributed by atoms with Gasteiger partial charge in [-0.1, -0.05) is 19.1 Å². The Labute approximate surface area is 175 Å². The van der Waals surface area contributed by atoms with Crippen molar-refractivity contribution >= 4 is 35.8 Å². The number of aliphatic imine (C=N–C) groups is 1. The van der Waals surface area contributed by atoms with Crippen molar-refractivity contribution in [3.8, 4) is 0 Å². The Bertz CT molecular complexity index is 624. The maximum Gasteiger partial charge on any atom is 0.251 e. The highest BCUT2D eigenvalue weighted by atomic mass is 127. The molecule has 0 spiro atoms. The Morgan fingerprint density at radius 1 is 1.35 bits per heavy atom. The fraction of sp³-hybridized carbons (Fsp3) is 0.600. The summed E-state index contributed by atoms with van der Waals surface area (Å²) in [5, 5.41) is 6.44. The number of hydrogen-bond acceptors (Lipinski definition) is 2. The summed E-state index contributed by atoms with van der Waals surface area (Å²) in [6.45, 7) is 11.0. The van der Waals surface area contributed by atoms with Crippen molar-refractivity contribution in [1.82, 2.24) is 15.5 Å². The van der Waals surface area contributed by atoms with Crippen LogP contribution in [0.4, 0.5) is 0 Å². The van der Waals surface area contributed by atoms with Crippen LogP contribution in [0, 0.1) is 5.92 Å². The smallest absolute Gasteiger partial charge is 0.251 e. The van der Waals surface area contributed by atoms with Crippen LogP contribution in [0.5, 0.6) is 0 Å². The van der Waals surface area contributed by atoms with E-state index in [0.717, 1.165) is 24.6 Å². The van der Waals surface area contributed by atoms with Gasteiger partial charge in [-0.05, 0) is 57.2 Å². The van der Waals surface area contributed by atoms with Gasteiger partial charge in [-0.25, -0.2) is 0 Å². The third-order valence-corrected chi connectivity index (χ3v) is 4.30. The summed E-state index contributed by atoms with van der Waals surface area (Å²) in [4.78, 5) is 19.1. The van der Waals surface area contributed by atoms with Gasteiger partial charge in [-0.2, -0.15) is 0 Å². The number of likely N-dealkylation sites (tertiary alicyclic amines) is 1. The van der Waals surface area contributed by atoms with Gasteiger partial charge in [-0.15, -0.1) is 24.0 Å². The topological polar surface area (TPSA) is 56.7 Å². The number of carbonyl (C=O) groups excluding carboxylic acids is 1. The quantitative estimate of drug-likeness (QED) is 0.401. The Balaban J connectivity index is 0.00000338. The van der Waals surface area contributed by atoms with Crippen molar-refractivity contribution in [3.63, 3.8) is 0 Å². The van der Waals surface area contributed by atoms with Crippen molar-refractivity contribution in [2.75, 3.05) is 20.1 Å². The summed E-state index contributed by atoms with van der Waals surface area (Å²) in [6, 6.07) is 7.76. The molecular weight excluding hydrogens is 439 g/mol. The second-order valence-corrected chi connectivity index (χ2v) is 8.00. The van der Waals surface area contributed by atoms with Gasteiger partial charge in [0.2, 0.25) is 0 Å². The molecule has 1 atom stereocenters. The first kappa shape index (κ1) is 22.7. The van der Waals surface area contributed by atoms with Crippen LogP contribution in [-0.4, -0.2) is 42.4 Å². The summed E-state index contributed by atoms with van der Waals surface area (Å²) >= 11 is 0. The average molecular weight is 472 g/mol. The van der Waals surface area contributed by atoms with E-state index in [1.165, 1.54) is 12.8 Å². The van der Waals surface area contributed by atoms with Crippen LogP contribution < -0.4 is 10.6 Å². The zero-order valence-electron chi connectivity index (χ0n) is 16.6. The lowest BCUT2D eigenvalue weighted by Gasteiger charge is -2.33. The third kappa shape index (κ3) is 7.13. The molecule has 1 saturated heterocycles. The molecule has 0 aliphatic carbocycles. The Kier molecular flexibility index (Phi) is 8.86. The molecule has 1 aromatic rings. The molecule has 1 aliphatic rings. The molecule has 0 radical (unpaired) electrons. The molecule has 146 valence electrons. The number of nitrogens with zero attached hydrogens (tertiary/aromatic N) is 2. The van der Waals surface area contributed by atoms with Crippen molar-refractivity contribution in [3.05, 3.63) is 35.4 Å². The number of carbonyl (C=O) groups is 1. The number of rotatable bonds is 3. The Morgan fingerprint density at radius 2 is 2.08 bits per heavy atom. The predicted molar refractivity (Wildman–Crippen MR) is 119 cm³/mol. The predicted octanol–water partition coefficient (Wildman–Crippen LogP) is 3.64. The first-order valence-electron chi connectivity index (χ1n) is 9.15. The molecule has 1 heterocycles. The van der Waals surface area contributed by atoms with Crippen LogP contribution in [0.1, 0.15) is 56.5 Å². The van der Waals surface area contributed by atoms with Gasteiger partial charge in [0.05, 0.1) is 0 Å². The maximum absolute atomic E-state index is 12.3. The van der Waals surface area contributed by atoms with E-state index in [0.29, 0.717) is 18.0 Å². The summed E-state index contributed by atoms with van der Waals surface area (Å²) in [5.74, 6) is 1.61. The molecule has 0 saturated carbocycles. The standard InChI is InChI=1S/C20H32N4O.HI/c1-15-8-7-11-24(14-15)19(21-5)22-13-16-9-6-10-17(12-16)18(25)23-20(2,3)4;/h6,9-10,12,15H,7-8,11,13-14H2,1-5H3,(H,21,22)(H,23,25);1H. The van der Waals surface area contributed by atoms with E-state index >= 15 is 0 Å². The second-order valence-electron chi connectivity index (χ2n) is 8.00. The molecule has 6 heteroatoms. The third-order valence-electron chi connectivity index (χ3n) is 4.30. The number of piperidine rings is 1. The van der Waals surface area contributed by atoms with Gasteiger partial charge in [0.15, 0.2) is 5.96 Å². The fourth-order valence-corrected chi connectivity index (χ4v) is 3.13. The normalized spacial score (nSPS) is 18.1. The largest absolute Gasteiger partial charge is 0.352 e. The van der Waals surface area contributed by atoms with Crippen LogP contribution in [0.25, 0.3) is 0 Å². The molecule has 5 nitrogen and oxygen atoms in total. The lowest BCUT2D eigenvalue weighted by molar-refractivity contribution is 0.0919. The van der Waals surface area contributed by atoms with Crippen LogP contribution in [0.3, 0.4) is 0 Å². The van der Waals surface area contributed by atoms with Crippen molar-refractivity contribution < 1.29 is 4.79 Å². The van der Waals surface area contributed by atoms with Gasteiger partial charge in [0, 0.05) is 37.8 Å². The summed E-state index contributed by atoms with van der Waals surface area (Å²) in [5.41, 5.74) is 1.53. The van der Waals surface area contributed by atoms with E-state index in [2.05, 4.69) is 27.4 Å². The zero-order chi connectivity index (χ0) is 18.4. The highest BCUT2D eigenvalue weighted by Gasteiger charge is 2.19. The molecule has 26 heavy (non-hydrogen) atoms. The lowest BCUT2D eigenvalue weighted by atomic mass is 10.0. The summed E-state index contributed by atoms with van der Waals surface area (Å²) in [6.07, 6.45) is 2.50. The average Bonchev–Trinajstić information content (AvgIpc) is 2.54. The van der Waals surface area contributed by atoms with E-state index in [1.807, 2.05) is 52.1 Å². The van der Waals surface area contributed by atoms with Gasteiger partial charge in [-0.3, -0.25) is 9.79 Å². The van der Waals surface area contributed by atoms with E-state index in [1.54, 1.807) is 0 Å². The molecule has 2 N–H and O–H groups in total. The number of hydrogen-bond donors (Lipinski definition) is 2. The number of nitrogens with one attached hydrogen (secondary N) is 2. The highest BCUT2D eigenvalue weighted by molar-refractivity contribution is 14.0. The van der Waals surface area contributed by atoms with Gasteiger partial charge >= 0.3 is 0 Å². The fourth-order valence-electron chi connectivity index (χ4n) is 3.13. The minimum atomic E-state index is -0.238. The van der Waals surface area contributed by atoms with Gasteiger partial charge in [0.25, 0.3) is 5.91 Å². The van der Waals surface area contributed by atoms with Gasteiger partial charge in [0.1, 0.15) is 0 Å². The second kappa shape index (κ2) is 10.1. The number of halogens is 1. The zero-order valence-corrected chi connectivity index (χ0v) is 19.0.